The van der Waals surface area contributed by atoms with Gasteiger partial charge in [-0.25, -0.2) is 0 Å². The SMILES string of the molecule is C[C@@H]1NCCO[C@@H]1COCc1ccccc1. The summed E-state index contributed by atoms with van der Waals surface area (Å²) in [4.78, 5) is 0. The lowest BCUT2D eigenvalue weighted by atomic mass is 10.1. The fourth-order valence-electron chi connectivity index (χ4n) is 1.83. The molecule has 1 fully saturated rings. The summed E-state index contributed by atoms with van der Waals surface area (Å²) in [6, 6.07) is 10.6. The molecule has 1 aliphatic rings. The Bertz CT molecular complexity index is 302. The summed E-state index contributed by atoms with van der Waals surface area (Å²) in [6.45, 7) is 5.17. The molecule has 0 bridgehead atoms. The van der Waals surface area contributed by atoms with Gasteiger partial charge < -0.3 is 14.8 Å². The molecule has 0 amide bonds. The topological polar surface area (TPSA) is 30.5 Å². The molecule has 3 nitrogen and oxygen atoms in total. The minimum absolute atomic E-state index is 0.178. The zero-order valence-corrected chi connectivity index (χ0v) is 9.69. The van der Waals surface area contributed by atoms with Crippen molar-refractivity contribution in [2.75, 3.05) is 19.8 Å². The predicted molar refractivity (Wildman–Crippen MR) is 63.3 cm³/mol. The first-order valence-electron chi connectivity index (χ1n) is 5.83. The van der Waals surface area contributed by atoms with Gasteiger partial charge in [-0.05, 0) is 12.5 Å². The molecule has 3 heteroatoms. The second-order valence-electron chi connectivity index (χ2n) is 4.15. The van der Waals surface area contributed by atoms with E-state index in [1.54, 1.807) is 0 Å². The molecule has 0 spiro atoms. The van der Waals surface area contributed by atoms with Crippen LogP contribution >= 0.6 is 0 Å². The molecule has 1 aliphatic heterocycles. The van der Waals surface area contributed by atoms with Crippen molar-refractivity contribution in [3.05, 3.63) is 35.9 Å². The van der Waals surface area contributed by atoms with E-state index in [-0.39, 0.29) is 6.10 Å². The molecule has 16 heavy (non-hydrogen) atoms. The molecule has 2 rings (SSSR count). The second kappa shape index (κ2) is 5.99. The van der Waals surface area contributed by atoms with Crippen LogP contribution in [0.3, 0.4) is 0 Å². The van der Waals surface area contributed by atoms with Crippen LogP contribution in [0.15, 0.2) is 30.3 Å². The van der Waals surface area contributed by atoms with Gasteiger partial charge in [0, 0.05) is 12.6 Å². The van der Waals surface area contributed by atoms with Gasteiger partial charge in [0.2, 0.25) is 0 Å². The van der Waals surface area contributed by atoms with Crippen molar-refractivity contribution in [2.24, 2.45) is 0 Å². The van der Waals surface area contributed by atoms with E-state index in [1.807, 2.05) is 18.2 Å². The van der Waals surface area contributed by atoms with Gasteiger partial charge in [-0.3, -0.25) is 0 Å². The number of hydrogen-bond acceptors (Lipinski definition) is 3. The number of rotatable bonds is 4. The van der Waals surface area contributed by atoms with Crippen LogP contribution in [0.25, 0.3) is 0 Å². The minimum atomic E-state index is 0.178. The number of nitrogens with one attached hydrogen (secondary N) is 1. The third-order valence-electron chi connectivity index (χ3n) is 2.85. The lowest BCUT2D eigenvalue weighted by Crippen LogP contribution is -2.48. The first-order valence-corrected chi connectivity index (χ1v) is 5.83. The summed E-state index contributed by atoms with van der Waals surface area (Å²) in [6.07, 6.45) is 0.178. The van der Waals surface area contributed by atoms with E-state index in [4.69, 9.17) is 9.47 Å². The van der Waals surface area contributed by atoms with Crippen molar-refractivity contribution in [1.82, 2.24) is 5.32 Å². The predicted octanol–water partition coefficient (Wildman–Crippen LogP) is 1.58. The number of hydrogen-bond donors (Lipinski definition) is 1. The van der Waals surface area contributed by atoms with Gasteiger partial charge in [-0.1, -0.05) is 30.3 Å². The third-order valence-corrected chi connectivity index (χ3v) is 2.85. The molecule has 1 aromatic rings. The maximum absolute atomic E-state index is 5.66. The fourth-order valence-corrected chi connectivity index (χ4v) is 1.83. The highest BCUT2D eigenvalue weighted by atomic mass is 16.5. The quantitative estimate of drug-likeness (QED) is 0.837. The van der Waals surface area contributed by atoms with E-state index in [2.05, 4.69) is 24.4 Å². The Kier molecular flexibility index (Phi) is 4.34. The zero-order chi connectivity index (χ0) is 11.2. The van der Waals surface area contributed by atoms with Crippen LogP contribution in [0, 0.1) is 0 Å². The minimum Gasteiger partial charge on any atom is -0.374 e. The Morgan fingerprint density at radius 1 is 1.38 bits per heavy atom. The lowest BCUT2D eigenvalue weighted by molar-refractivity contribution is -0.0555. The average Bonchev–Trinajstić information content (AvgIpc) is 2.33. The van der Waals surface area contributed by atoms with Crippen LogP contribution < -0.4 is 5.32 Å². The fraction of sp³-hybridized carbons (Fsp3) is 0.538. The van der Waals surface area contributed by atoms with Crippen molar-refractivity contribution in [3.8, 4) is 0 Å². The van der Waals surface area contributed by atoms with Crippen LogP contribution in [0.2, 0.25) is 0 Å². The number of benzene rings is 1. The summed E-state index contributed by atoms with van der Waals surface area (Å²) in [5.41, 5.74) is 1.21. The van der Waals surface area contributed by atoms with E-state index in [1.165, 1.54) is 5.56 Å². The molecule has 0 unspecified atom stereocenters. The normalized spacial score (nSPS) is 25.6. The van der Waals surface area contributed by atoms with E-state index in [9.17, 15) is 0 Å². The van der Waals surface area contributed by atoms with Crippen LogP contribution in [0.5, 0.6) is 0 Å². The van der Waals surface area contributed by atoms with Gasteiger partial charge in [-0.15, -0.1) is 0 Å². The summed E-state index contributed by atoms with van der Waals surface area (Å²) in [5.74, 6) is 0. The van der Waals surface area contributed by atoms with Crippen molar-refractivity contribution in [1.29, 1.82) is 0 Å². The maximum Gasteiger partial charge on any atom is 0.0959 e. The highest BCUT2D eigenvalue weighted by Gasteiger charge is 2.21. The van der Waals surface area contributed by atoms with Crippen LogP contribution in [0.4, 0.5) is 0 Å². The standard InChI is InChI=1S/C13H19NO2/c1-11-13(16-8-7-14-11)10-15-9-12-5-3-2-4-6-12/h2-6,11,13-14H,7-10H2,1H3/t11-,13+/m0/s1. The Morgan fingerprint density at radius 2 is 2.19 bits per heavy atom. The third kappa shape index (κ3) is 3.30. The molecule has 88 valence electrons. The van der Waals surface area contributed by atoms with Crippen LogP contribution in [0.1, 0.15) is 12.5 Å². The van der Waals surface area contributed by atoms with Gasteiger partial charge in [0.05, 0.1) is 25.9 Å². The number of morpholine rings is 1. The molecular formula is C13H19NO2. The first kappa shape index (κ1) is 11.6. The second-order valence-corrected chi connectivity index (χ2v) is 4.15. The molecule has 1 aromatic carbocycles. The molecule has 0 aromatic heterocycles. The van der Waals surface area contributed by atoms with Gasteiger partial charge in [0.15, 0.2) is 0 Å². The van der Waals surface area contributed by atoms with E-state index in [0.29, 0.717) is 19.3 Å². The molecule has 2 atom stereocenters. The molecule has 0 radical (unpaired) electrons. The van der Waals surface area contributed by atoms with E-state index < -0.39 is 0 Å². The van der Waals surface area contributed by atoms with E-state index in [0.717, 1.165) is 13.2 Å². The van der Waals surface area contributed by atoms with E-state index >= 15 is 0 Å². The van der Waals surface area contributed by atoms with Crippen molar-refractivity contribution in [3.63, 3.8) is 0 Å². The Labute approximate surface area is 96.8 Å². The highest BCUT2D eigenvalue weighted by Crippen LogP contribution is 2.07. The summed E-state index contributed by atoms with van der Waals surface area (Å²) in [5, 5.41) is 3.38. The first-order chi connectivity index (χ1) is 7.86. The molecule has 1 N–H and O–H groups in total. The lowest BCUT2D eigenvalue weighted by Gasteiger charge is -2.30. The monoisotopic (exact) mass is 221 g/mol. The molecular weight excluding hydrogens is 202 g/mol. The Balaban J connectivity index is 1.71. The summed E-state index contributed by atoms with van der Waals surface area (Å²) >= 11 is 0. The van der Waals surface area contributed by atoms with Crippen LogP contribution in [-0.4, -0.2) is 31.9 Å². The van der Waals surface area contributed by atoms with Gasteiger partial charge >= 0.3 is 0 Å². The Morgan fingerprint density at radius 3 is 2.94 bits per heavy atom. The molecule has 0 aliphatic carbocycles. The van der Waals surface area contributed by atoms with Crippen molar-refractivity contribution in [2.45, 2.75) is 25.7 Å². The molecule has 1 heterocycles. The number of ether oxygens (including phenoxy) is 2. The highest BCUT2D eigenvalue weighted by molar-refractivity contribution is 5.13. The van der Waals surface area contributed by atoms with Gasteiger partial charge in [0.25, 0.3) is 0 Å². The van der Waals surface area contributed by atoms with Crippen molar-refractivity contribution < 1.29 is 9.47 Å². The Hall–Kier alpha value is -0.900. The van der Waals surface area contributed by atoms with Gasteiger partial charge in [0.1, 0.15) is 0 Å². The maximum atomic E-state index is 5.66. The smallest absolute Gasteiger partial charge is 0.0959 e. The molecule has 1 saturated heterocycles. The van der Waals surface area contributed by atoms with Gasteiger partial charge in [-0.2, -0.15) is 0 Å². The summed E-state index contributed by atoms with van der Waals surface area (Å²) < 4.78 is 11.3. The largest absolute Gasteiger partial charge is 0.374 e. The zero-order valence-electron chi connectivity index (χ0n) is 9.69. The van der Waals surface area contributed by atoms with Crippen LogP contribution in [-0.2, 0) is 16.1 Å². The molecule has 0 saturated carbocycles. The summed E-state index contributed by atoms with van der Waals surface area (Å²) in [7, 11) is 0. The van der Waals surface area contributed by atoms with Crippen molar-refractivity contribution >= 4 is 0 Å². The average molecular weight is 221 g/mol.